The van der Waals surface area contributed by atoms with Crippen LogP contribution in [0.5, 0.6) is 0 Å². The van der Waals surface area contributed by atoms with Gasteiger partial charge in [-0.1, -0.05) is 45.4 Å². The quantitative estimate of drug-likeness (QED) is 0.248. The summed E-state index contributed by atoms with van der Waals surface area (Å²) in [7, 11) is 4.58. The summed E-state index contributed by atoms with van der Waals surface area (Å²) in [4.78, 5) is 0. The Morgan fingerprint density at radius 3 is 1.69 bits per heavy atom. The van der Waals surface area contributed by atoms with Crippen LogP contribution < -0.4 is 12.4 Å². The highest BCUT2D eigenvalue weighted by Crippen LogP contribution is 2.10. The highest BCUT2D eigenvalue weighted by molar-refractivity contribution is 9.09. The smallest absolute Gasteiger partial charge is 0.133 e. The summed E-state index contributed by atoms with van der Waals surface area (Å²) in [5.41, 5.74) is 1.07. The molecule has 0 bridgehead atoms. The molecule has 0 aliphatic carbocycles. The molecule has 100 valence electrons. The molecular weight excluding hydrogens is 286 g/mol. The van der Waals surface area contributed by atoms with Crippen LogP contribution in [0.25, 0.3) is 0 Å². The first-order valence-electron chi connectivity index (χ1n) is 6.50. The molecule has 0 rings (SSSR count). The van der Waals surface area contributed by atoms with Crippen molar-refractivity contribution in [3.8, 4) is 0 Å². The Labute approximate surface area is 117 Å². The van der Waals surface area contributed by atoms with E-state index in [1.807, 2.05) is 0 Å². The molecule has 0 spiro atoms. The van der Waals surface area contributed by atoms with Crippen LogP contribution in [-0.4, -0.2) is 30.6 Å². The van der Waals surface area contributed by atoms with Crippen molar-refractivity contribution in [2.45, 2.75) is 58.3 Å². The molecule has 0 amide bonds. The van der Waals surface area contributed by atoms with Gasteiger partial charge in [-0.3, -0.25) is 0 Å². The zero-order valence-electron chi connectivity index (χ0n) is 11.3. The van der Waals surface area contributed by atoms with E-state index in [4.69, 9.17) is 0 Å². The molecule has 0 radical (unpaired) electrons. The van der Waals surface area contributed by atoms with Crippen LogP contribution in [0.2, 0.25) is 0 Å². The first kappa shape index (κ1) is 19.1. The van der Waals surface area contributed by atoms with Gasteiger partial charge in [-0.15, -0.1) is 0 Å². The number of quaternary nitrogens is 1. The van der Waals surface area contributed by atoms with Crippen molar-refractivity contribution in [1.82, 2.24) is 0 Å². The number of halogens is 2. The van der Waals surface area contributed by atoms with Gasteiger partial charge >= 0.3 is 0 Å². The molecule has 0 heterocycles. The molecule has 1 nitrogen and oxygen atoms in total. The lowest BCUT2D eigenvalue weighted by molar-refractivity contribution is -0.876. The van der Waals surface area contributed by atoms with E-state index in [2.05, 4.69) is 36.9 Å². The van der Waals surface area contributed by atoms with Crippen molar-refractivity contribution < 1.29 is 16.9 Å². The zero-order chi connectivity index (χ0) is 11.6. The molecule has 0 aromatic rings. The van der Waals surface area contributed by atoms with Gasteiger partial charge in [-0.2, -0.15) is 0 Å². The van der Waals surface area contributed by atoms with Crippen molar-refractivity contribution in [2.75, 3.05) is 26.1 Å². The fourth-order valence-corrected chi connectivity index (χ4v) is 1.98. The third-order valence-electron chi connectivity index (χ3n) is 2.94. The van der Waals surface area contributed by atoms with E-state index in [9.17, 15) is 0 Å². The Hall–Kier alpha value is 0.730. The maximum atomic E-state index is 3.55. The van der Waals surface area contributed by atoms with Crippen molar-refractivity contribution in [2.24, 2.45) is 0 Å². The van der Waals surface area contributed by atoms with Crippen LogP contribution in [0.15, 0.2) is 0 Å². The van der Waals surface area contributed by atoms with Crippen LogP contribution in [-0.2, 0) is 0 Å². The van der Waals surface area contributed by atoms with Crippen molar-refractivity contribution in [3.05, 3.63) is 0 Å². The van der Waals surface area contributed by atoms with Crippen LogP contribution in [0.4, 0.5) is 0 Å². The van der Waals surface area contributed by atoms with Gasteiger partial charge in [0.05, 0.1) is 20.6 Å². The van der Waals surface area contributed by atoms with Crippen molar-refractivity contribution >= 4 is 15.9 Å². The maximum Gasteiger partial charge on any atom is 0.133 e. The van der Waals surface area contributed by atoms with Gasteiger partial charge in [0.2, 0.25) is 0 Å². The van der Waals surface area contributed by atoms with E-state index in [0.717, 1.165) is 9.94 Å². The third-order valence-corrected chi connectivity index (χ3v) is 4.30. The van der Waals surface area contributed by atoms with E-state index in [-0.39, 0.29) is 12.4 Å². The molecule has 0 aliphatic rings. The third kappa shape index (κ3) is 12.8. The van der Waals surface area contributed by atoms with Crippen LogP contribution in [0.1, 0.15) is 58.3 Å². The Kier molecular flexibility index (Phi) is 14.5. The minimum atomic E-state index is 0. The van der Waals surface area contributed by atoms with Gasteiger partial charge in [0.25, 0.3) is 0 Å². The molecule has 0 atom stereocenters. The minimum Gasteiger partial charge on any atom is -1.00 e. The van der Waals surface area contributed by atoms with Crippen LogP contribution >= 0.6 is 15.9 Å². The summed E-state index contributed by atoms with van der Waals surface area (Å²) in [5.74, 6) is 0. The second-order valence-corrected chi connectivity index (χ2v) is 5.76. The summed E-state index contributed by atoms with van der Waals surface area (Å²) < 4.78 is 1.11. The summed E-state index contributed by atoms with van der Waals surface area (Å²) in [6.07, 6.45) is 11.4. The highest BCUT2D eigenvalue weighted by atomic mass is 79.9. The van der Waals surface area contributed by atoms with Crippen LogP contribution in [0, 0.1) is 0 Å². The Balaban J connectivity index is 0. The molecule has 16 heavy (non-hydrogen) atoms. The molecule has 0 aromatic carbocycles. The van der Waals surface area contributed by atoms with Gasteiger partial charge < -0.3 is 16.9 Å². The number of alkyl halides is 1. The molecule has 0 aromatic heterocycles. The number of nitrogens with zero attached hydrogens (tertiary/aromatic N) is 1. The summed E-state index contributed by atoms with van der Waals surface area (Å²) in [6, 6.07) is 0. The van der Waals surface area contributed by atoms with Crippen molar-refractivity contribution in [3.63, 3.8) is 0 Å². The predicted molar refractivity (Wildman–Crippen MR) is 73.4 cm³/mol. The number of hydrogen-bond donors (Lipinski definition) is 0. The van der Waals surface area contributed by atoms with Gasteiger partial charge in [-0.25, -0.2) is 0 Å². The molecule has 0 saturated carbocycles. The fourth-order valence-electron chi connectivity index (χ4n) is 1.73. The zero-order valence-corrected chi connectivity index (χ0v) is 13.6. The first-order chi connectivity index (χ1) is 7.12. The highest BCUT2D eigenvalue weighted by Gasteiger charge is 2.10. The average Bonchev–Trinajstić information content (AvgIpc) is 2.22. The lowest BCUT2D eigenvalue weighted by Crippen LogP contribution is -3.00. The fraction of sp³-hybridized carbons (Fsp3) is 1.00. The van der Waals surface area contributed by atoms with Crippen molar-refractivity contribution in [1.29, 1.82) is 0 Å². The summed E-state index contributed by atoms with van der Waals surface area (Å²) in [6.45, 7) is 3.58. The standard InChI is InChI=1S/C13H29BrN.ClH/c1-4-5-6-7-8-9-10-11-12-15(2,3)13-14;/h4-13H2,1-3H3;1H/q+1;/p-1. The minimum absolute atomic E-state index is 0. The largest absolute Gasteiger partial charge is 1.00 e. The summed E-state index contributed by atoms with van der Waals surface area (Å²) in [5, 5.41) is 0. The van der Waals surface area contributed by atoms with Gasteiger partial charge in [-0.05, 0) is 28.8 Å². The SMILES string of the molecule is CCCCCCCCCC[N+](C)(C)CBr.[Cl-]. The molecule has 0 N–H and O–H groups in total. The number of hydrogen-bond acceptors (Lipinski definition) is 0. The summed E-state index contributed by atoms with van der Waals surface area (Å²) >= 11 is 3.55. The number of unbranched alkanes of at least 4 members (excludes halogenated alkanes) is 7. The maximum absolute atomic E-state index is 3.55. The second kappa shape index (κ2) is 12.2. The van der Waals surface area contributed by atoms with Crippen LogP contribution in [0.3, 0.4) is 0 Å². The normalized spacial score (nSPS) is 11.2. The topological polar surface area (TPSA) is 0 Å². The van der Waals surface area contributed by atoms with Gasteiger partial charge in [0, 0.05) is 0 Å². The Bertz CT molecular complexity index is 140. The molecule has 0 saturated heterocycles. The van der Waals surface area contributed by atoms with E-state index in [1.54, 1.807) is 0 Å². The number of rotatable bonds is 10. The molecular formula is C13H29BrClN. The van der Waals surface area contributed by atoms with E-state index < -0.39 is 0 Å². The first-order valence-corrected chi connectivity index (χ1v) is 7.62. The Morgan fingerprint density at radius 2 is 1.25 bits per heavy atom. The molecule has 0 fully saturated rings. The average molecular weight is 315 g/mol. The lowest BCUT2D eigenvalue weighted by atomic mass is 10.1. The van der Waals surface area contributed by atoms with E-state index in [1.165, 1.54) is 57.9 Å². The second-order valence-electron chi connectivity index (χ2n) is 5.25. The molecule has 0 unspecified atom stereocenters. The monoisotopic (exact) mass is 313 g/mol. The predicted octanol–water partition coefficient (Wildman–Crippen LogP) is 1.56. The Morgan fingerprint density at radius 1 is 0.812 bits per heavy atom. The van der Waals surface area contributed by atoms with Gasteiger partial charge in [0.15, 0.2) is 0 Å². The lowest BCUT2D eigenvalue weighted by Gasteiger charge is -2.26. The van der Waals surface area contributed by atoms with E-state index in [0.29, 0.717) is 0 Å². The molecule has 3 heteroatoms. The van der Waals surface area contributed by atoms with Gasteiger partial charge in [0.1, 0.15) is 5.45 Å². The molecule has 0 aliphatic heterocycles. The van der Waals surface area contributed by atoms with E-state index >= 15 is 0 Å².